The SMILES string of the molecule is C/C=C(/Cl)[C@H](C)Cl. The molecular weight excluding hydrogens is 131 g/mol. The number of allylic oxidation sites excluding steroid dienone is 2. The minimum Gasteiger partial charge on any atom is -0.117 e. The zero-order valence-electron chi connectivity index (χ0n) is 4.41. The predicted octanol–water partition coefficient (Wildman–Crippen LogP) is 2.76. The third kappa shape index (κ3) is 2.95. The Labute approximate surface area is 54.1 Å². The molecule has 0 aromatic rings. The molecule has 0 heterocycles. The number of hydrogen-bond acceptors (Lipinski definition) is 0. The van der Waals surface area contributed by atoms with E-state index >= 15 is 0 Å². The maximum Gasteiger partial charge on any atom is 0.0660 e. The van der Waals surface area contributed by atoms with Crippen LogP contribution in [-0.4, -0.2) is 5.38 Å². The first-order valence-electron chi connectivity index (χ1n) is 2.14. The summed E-state index contributed by atoms with van der Waals surface area (Å²) in [5.74, 6) is 0. The van der Waals surface area contributed by atoms with E-state index in [0.29, 0.717) is 5.03 Å². The maximum atomic E-state index is 5.53. The van der Waals surface area contributed by atoms with Crippen molar-refractivity contribution in [3.63, 3.8) is 0 Å². The van der Waals surface area contributed by atoms with Crippen molar-refractivity contribution in [2.24, 2.45) is 0 Å². The van der Waals surface area contributed by atoms with Crippen LogP contribution in [-0.2, 0) is 0 Å². The lowest BCUT2D eigenvalue weighted by molar-refractivity contribution is 1.19. The van der Waals surface area contributed by atoms with Crippen LogP contribution in [0.15, 0.2) is 11.1 Å². The first-order valence-corrected chi connectivity index (χ1v) is 2.95. The fourth-order valence-corrected chi connectivity index (χ4v) is 0.356. The van der Waals surface area contributed by atoms with Gasteiger partial charge in [0.2, 0.25) is 0 Å². The molecule has 0 bridgehead atoms. The van der Waals surface area contributed by atoms with Crippen LogP contribution in [0.1, 0.15) is 13.8 Å². The molecule has 0 aromatic heterocycles. The molecule has 0 N–H and O–H groups in total. The quantitative estimate of drug-likeness (QED) is 0.490. The Morgan fingerprint density at radius 3 is 2.14 bits per heavy atom. The molecule has 42 valence electrons. The van der Waals surface area contributed by atoms with Gasteiger partial charge < -0.3 is 0 Å². The molecule has 0 saturated carbocycles. The number of halogens is 2. The lowest BCUT2D eigenvalue weighted by Crippen LogP contribution is -1.86. The van der Waals surface area contributed by atoms with Crippen molar-refractivity contribution in [2.45, 2.75) is 19.2 Å². The molecule has 0 saturated heterocycles. The topological polar surface area (TPSA) is 0 Å². The largest absolute Gasteiger partial charge is 0.117 e. The summed E-state index contributed by atoms with van der Waals surface area (Å²) in [5.41, 5.74) is 0. The molecule has 7 heavy (non-hydrogen) atoms. The van der Waals surface area contributed by atoms with E-state index in [0.717, 1.165) is 0 Å². The summed E-state index contributed by atoms with van der Waals surface area (Å²) in [6, 6.07) is 0. The summed E-state index contributed by atoms with van der Waals surface area (Å²) in [7, 11) is 0. The summed E-state index contributed by atoms with van der Waals surface area (Å²) in [6.45, 7) is 3.70. The van der Waals surface area contributed by atoms with Gasteiger partial charge in [0, 0.05) is 5.03 Å². The van der Waals surface area contributed by atoms with E-state index in [9.17, 15) is 0 Å². The first-order chi connectivity index (χ1) is 3.18. The third-order valence-electron chi connectivity index (χ3n) is 0.656. The van der Waals surface area contributed by atoms with E-state index in [1.165, 1.54) is 0 Å². The number of alkyl halides is 1. The molecule has 0 spiro atoms. The molecular formula is C5H8Cl2. The van der Waals surface area contributed by atoms with Crippen molar-refractivity contribution >= 4 is 23.2 Å². The molecule has 0 aliphatic heterocycles. The van der Waals surface area contributed by atoms with Crippen LogP contribution < -0.4 is 0 Å². The van der Waals surface area contributed by atoms with Crippen LogP contribution in [0.25, 0.3) is 0 Å². The van der Waals surface area contributed by atoms with Crippen molar-refractivity contribution in [1.82, 2.24) is 0 Å². The fourth-order valence-electron chi connectivity index (χ4n) is 0.230. The van der Waals surface area contributed by atoms with Gasteiger partial charge in [-0.05, 0) is 13.8 Å². The van der Waals surface area contributed by atoms with Gasteiger partial charge in [0.05, 0.1) is 5.38 Å². The van der Waals surface area contributed by atoms with E-state index in [2.05, 4.69) is 0 Å². The second-order valence-corrected chi connectivity index (χ2v) is 2.38. The van der Waals surface area contributed by atoms with Gasteiger partial charge in [-0.25, -0.2) is 0 Å². The van der Waals surface area contributed by atoms with Gasteiger partial charge in [-0.15, -0.1) is 11.6 Å². The minimum absolute atomic E-state index is 0.0355. The Morgan fingerprint density at radius 1 is 1.71 bits per heavy atom. The van der Waals surface area contributed by atoms with Gasteiger partial charge in [0.25, 0.3) is 0 Å². The summed E-state index contributed by atoms with van der Waals surface area (Å²) in [6.07, 6.45) is 1.79. The highest BCUT2D eigenvalue weighted by molar-refractivity contribution is 6.37. The lowest BCUT2D eigenvalue weighted by atomic mass is 10.4. The molecule has 1 atom stereocenters. The molecule has 0 aromatic carbocycles. The van der Waals surface area contributed by atoms with Crippen LogP contribution in [0.2, 0.25) is 0 Å². The van der Waals surface area contributed by atoms with Gasteiger partial charge >= 0.3 is 0 Å². The average molecular weight is 139 g/mol. The van der Waals surface area contributed by atoms with Gasteiger partial charge in [-0.3, -0.25) is 0 Å². The van der Waals surface area contributed by atoms with Crippen molar-refractivity contribution < 1.29 is 0 Å². The molecule has 0 radical (unpaired) electrons. The van der Waals surface area contributed by atoms with Crippen LogP contribution >= 0.6 is 23.2 Å². The molecule has 0 aliphatic carbocycles. The van der Waals surface area contributed by atoms with Crippen LogP contribution in [0.4, 0.5) is 0 Å². The highest BCUT2D eigenvalue weighted by Crippen LogP contribution is 2.11. The molecule has 0 rings (SSSR count). The van der Waals surface area contributed by atoms with E-state index < -0.39 is 0 Å². The zero-order valence-corrected chi connectivity index (χ0v) is 5.92. The lowest BCUT2D eigenvalue weighted by Gasteiger charge is -1.94. The molecule has 0 nitrogen and oxygen atoms in total. The van der Waals surface area contributed by atoms with Gasteiger partial charge in [0.15, 0.2) is 0 Å². The van der Waals surface area contributed by atoms with Gasteiger partial charge in [-0.2, -0.15) is 0 Å². The molecule has 0 fully saturated rings. The van der Waals surface area contributed by atoms with Gasteiger partial charge in [-0.1, -0.05) is 17.7 Å². The van der Waals surface area contributed by atoms with Crippen molar-refractivity contribution in [3.8, 4) is 0 Å². The van der Waals surface area contributed by atoms with E-state index in [1.807, 2.05) is 13.8 Å². The molecule has 0 unspecified atom stereocenters. The van der Waals surface area contributed by atoms with E-state index in [1.54, 1.807) is 6.08 Å². The molecule has 0 aliphatic rings. The fraction of sp³-hybridized carbons (Fsp3) is 0.600. The monoisotopic (exact) mass is 138 g/mol. The van der Waals surface area contributed by atoms with E-state index in [4.69, 9.17) is 23.2 Å². The van der Waals surface area contributed by atoms with Crippen molar-refractivity contribution in [1.29, 1.82) is 0 Å². The summed E-state index contributed by atoms with van der Waals surface area (Å²) in [4.78, 5) is 0. The summed E-state index contributed by atoms with van der Waals surface area (Å²) < 4.78 is 0. The Kier molecular flexibility index (Phi) is 3.49. The standard InChI is InChI=1S/C5H8Cl2/c1-3-5(7)4(2)6/h3-4H,1-2H3/b5-3+/t4-/m0/s1. The first kappa shape index (κ1) is 7.32. The third-order valence-corrected chi connectivity index (χ3v) is 1.55. The van der Waals surface area contributed by atoms with E-state index in [-0.39, 0.29) is 5.38 Å². The van der Waals surface area contributed by atoms with Crippen molar-refractivity contribution in [3.05, 3.63) is 11.1 Å². The smallest absolute Gasteiger partial charge is 0.0660 e. The van der Waals surface area contributed by atoms with Crippen LogP contribution in [0.5, 0.6) is 0 Å². The zero-order chi connectivity index (χ0) is 5.86. The Hall–Kier alpha value is 0.320. The Morgan fingerprint density at radius 2 is 2.14 bits per heavy atom. The summed E-state index contributed by atoms with van der Waals surface area (Å²) >= 11 is 11.1. The molecule has 0 amide bonds. The maximum absolute atomic E-state index is 5.53. The Bertz CT molecular complexity index is 74.1. The second-order valence-electron chi connectivity index (χ2n) is 1.29. The minimum atomic E-state index is -0.0355. The average Bonchev–Trinajstić information content (AvgIpc) is 1.65. The van der Waals surface area contributed by atoms with Crippen LogP contribution in [0, 0.1) is 0 Å². The number of hydrogen-bond donors (Lipinski definition) is 0. The normalized spacial score (nSPS) is 16.9. The Balaban J connectivity index is 3.56. The van der Waals surface area contributed by atoms with Crippen molar-refractivity contribution in [2.75, 3.05) is 0 Å². The van der Waals surface area contributed by atoms with Gasteiger partial charge in [0.1, 0.15) is 0 Å². The second kappa shape index (κ2) is 3.34. The highest BCUT2D eigenvalue weighted by Gasteiger charge is 1.96. The predicted molar refractivity (Wildman–Crippen MR) is 34.9 cm³/mol. The summed E-state index contributed by atoms with van der Waals surface area (Å²) in [5, 5.41) is 0.674. The highest BCUT2D eigenvalue weighted by atomic mass is 35.5. The van der Waals surface area contributed by atoms with Crippen LogP contribution in [0.3, 0.4) is 0 Å². The molecule has 2 heteroatoms. The number of rotatable bonds is 1.